The van der Waals surface area contributed by atoms with Crippen LogP contribution in [0, 0.1) is 25.2 Å². The molecule has 0 bridgehead atoms. The standard InChI is InChI=1S/C14H21N3/c1-11-7-12(2)9-13(8-11)17(4)6-5-14(3,16)10-15/h7-9H,5-6,16H2,1-4H3. The van der Waals surface area contributed by atoms with Gasteiger partial charge in [0.15, 0.2) is 0 Å². The van der Waals surface area contributed by atoms with Crippen LogP contribution in [0.3, 0.4) is 0 Å². The molecular weight excluding hydrogens is 210 g/mol. The summed E-state index contributed by atoms with van der Waals surface area (Å²) >= 11 is 0. The third kappa shape index (κ3) is 4.08. The van der Waals surface area contributed by atoms with Gasteiger partial charge in [0, 0.05) is 19.3 Å². The van der Waals surface area contributed by atoms with Crippen LogP contribution in [0.2, 0.25) is 0 Å². The Morgan fingerprint density at radius 2 is 1.82 bits per heavy atom. The highest BCUT2D eigenvalue weighted by Crippen LogP contribution is 2.18. The van der Waals surface area contributed by atoms with Crippen LogP contribution >= 0.6 is 0 Å². The Bertz CT molecular complexity index is 409. The van der Waals surface area contributed by atoms with E-state index in [4.69, 9.17) is 11.0 Å². The van der Waals surface area contributed by atoms with Crippen LogP contribution in [0.15, 0.2) is 18.2 Å². The smallest absolute Gasteiger partial charge is 0.103 e. The van der Waals surface area contributed by atoms with Gasteiger partial charge in [-0.2, -0.15) is 5.26 Å². The predicted octanol–water partition coefficient (Wildman–Crippen LogP) is 2.37. The molecular formula is C14H21N3. The van der Waals surface area contributed by atoms with Crippen LogP contribution in [-0.2, 0) is 0 Å². The second kappa shape index (κ2) is 5.20. The third-order valence-corrected chi connectivity index (χ3v) is 2.87. The highest BCUT2D eigenvalue weighted by atomic mass is 15.1. The molecule has 92 valence electrons. The molecule has 0 fully saturated rings. The van der Waals surface area contributed by atoms with Crippen molar-refractivity contribution in [2.75, 3.05) is 18.5 Å². The number of benzene rings is 1. The van der Waals surface area contributed by atoms with Crippen molar-refractivity contribution in [1.82, 2.24) is 0 Å². The molecule has 0 saturated heterocycles. The van der Waals surface area contributed by atoms with Crippen molar-refractivity contribution in [3.63, 3.8) is 0 Å². The van der Waals surface area contributed by atoms with Crippen LogP contribution in [0.1, 0.15) is 24.5 Å². The minimum Gasteiger partial charge on any atom is -0.374 e. The van der Waals surface area contributed by atoms with E-state index in [-0.39, 0.29) is 0 Å². The van der Waals surface area contributed by atoms with Crippen molar-refractivity contribution in [3.05, 3.63) is 29.3 Å². The van der Waals surface area contributed by atoms with Gasteiger partial charge in [0.05, 0.1) is 6.07 Å². The van der Waals surface area contributed by atoms with Gasteiger partial charge >= 0.3 is 0 Å². The van der Waals surface area contributed by atoms with Gasteiger partial charge in [0.2, 0.25) is 0 Å². The van der Waals surface area contributed by atoms with Crippen LogP contribution in [0.25, 0.3) is 0 Å². The SMILES string of the molecule is Cc1cc(C)cc(N(C)CCC(C)(N)C#N)c1. The lowest BCUT2D eigenvalue weighted by Crippen LogP contribution is -2.38. The summed E-state index contributed by atoms with van der Waals surface area (Å²) in [5.41, 5.74) is 8.75. The van der Waals surface area contributed by atoms with E-state index in [9.17, 15) is 0 Å². The van der Waals surface area contributed by atoms with Gasteiger partial charge in [-0.05, 0) is 50.5 Å². The van der Waals surface area contributed by atoms with E-state index >= 15 is 0 Å². The molecule has 3 nitrogen and oxygen atoms in total. The van der Waals surface area contributed by atoms with Crippen LogP contribution in [0.4, 0.5) is 5.69 Å². The number of nitrogens with zero attached hydrogens (tertiary/aromatic N) is 2. The lowest BCUT2D eigenvalue weighted by Gasteiger charge is -2.24. The van der Waals surface area contributed by atoms with E-state index in [0.717, 1.165) is 6.54 Å². The van der Waals surface area contributed by atoms with Crippen LogP contribution in [0.5, 0.6) is 0 Å². The maximum atomic E-state index is 8.87. The molecule has 1 rings (SSSR count). The summed E-state index contributed by atoms with van der Waals surface area (Å²) in [6.45, 7) is 6.73. The molecule has 1 unspecified atom stereocenters. The molecule has 2 N–H and O–H groups in total. The molecule has 0 aliphatic heterocycles. The Morgan fingerprint density at radius 3 is 2.29 bits per heavy atom. The van der Waals surface area contributed by atoms with Crippen LogP contribution < -0.4 is 10.6 Å². The maximum Gasteiger partial charge on any atom is 0.103 e. The average molecular weight is 231 g/mol. The lowest BCUT2D eigenvalue weighted by atomic mass is 10.0. The molecule has 0 aromatic heterocycles. The summed E-state index contributed by atoms with van der Waals surface area (Å²) in [6.07, 6.45) is 0.660. The molecule has 3 heteroatoms. The Hall–Kier alpha value is -1.53. The number of aryl methyl sites for hydroxylation is 2. The van der Waals surface area contributed by atoms with E-state index in [1.165, 1.54) is 16.8 Å². The monoisotopic (exact) mass is 231 g/mol. The summed E-state index contributed by atoms with van der Waals surface area (Å²) < 4.78 is 0. The second-order valence-corrected chi connectivity index (χ2v) is 5.05. The predicted molar refractivity (Wildman–Crippen MR) is 72.0 cm³/mol. The summed E-state index contributed by atoms with van der Waals surface area (Å²) in [5, 5.41) is 8.87. The maximum absolute atomic E-state index is 8.87. The van der Waals surface area contributed by atoms with Gasteiger partial charge in [-0.15, -0.1) is 0 Å². The molecule has 1 aromatic carbocycles. The summed E-state index contributed by atoms with van der Waals surface area (Å²) in [6, 6.07) is 8.57. The molecule has 0 aliphatic carbocycles. The Morgan fingerprint density at radius 1 is 1.29 bits per heavy atom. The third-order valence-electron chi connectivity index (χ3n) is 2.87. The fourth-order valence-electron chi connectivity index (χ4n) is 1.76. The number of anilines is 1. The van der Waals surface area contributed by atoms with Crippen molar-refractivity contribution in [3.8, 4) is 6.07 Å². The molecule has 0 spiro atoms. The van der Waals surface area contributed by atoms with Gasteiger partial charge in [-0.3, -0.25) is 0 Å². The van der Waals surface area contributed by atoms with Gasteiger partial charge in [0.1, 0.15) is 5.54 Å². The van der Waals surface area contributed by atoms with Crippen molar-refractivity contribution in [2.24, 2.45) is 5.73 Å². The van der Waals surface area contributed by atoms with E-state index < -0.39 is 5.54 Å². The zero-order valence-electron chi connectivity index (χ0n) is 11.1. The zero-order chi connectivity index (χ0) is 13.1. The minimum absolute atomic E-state index is 0.660. The van der Waals surface area contributed by atoms with Crippen molar-refractivity contribution in [2.45, 2.75) is 32.7 Å². The summed E-state index contributed by atoms with van der Waals surface area (Å²) in [5.74, 6) is 0. The Labute approximate surface area is 104 Å². The van der Waals surface area contributed by atoms with Gasteiger partial charge < -0.3 is 10.6 Å². The van der Waals surface area contributed by atoms with E-state index in [1.807, 2.05) is 7.05 Å². The number of hydrogen-bond acceptors (Lipinski definition) is 3. The lowest BCUT2D eigenvalue weighted by molar-refractivity contribution is 0.547. The number of nitrogens with two attached hydrogens (primary N) is 1. The molecule has 0 radical (unpaired) electrons. The number of nitriles is 1. The molecule has 0 amide bonds. The minimum atomic E-state index is -0.743. The fourth-order valence-corrected chi connectivity index (χ4v) is 1.76. The molecule has 17 heavy (non-hydrogen) atoms. The largest absolute Gasteiger partial charge is 0.374 e. The van der Waals surface area contributed by atoms with E-state index in [1.54, 1.807) is 6.92 Å². The highest BCUT2D eigenvalue weighted by Gasteiger charge is 2.17. The van der Waals surface area contributed by atoms with E-state index in [0.29, 0.717) is 6.42 Å². The highest BCUT2D eigenvalue weighted by molar-refractivity contribution is 5.50. The first-order valence-electron chi connectivity index (χ1n) is 5.83. The van der Waals surface area contributed by atoms with E-state index in [2.05, 4.69) is 43.0 Å². The fraction of sp³-hybridized carbons (Fsp3) is 0.500. The number of rotatable bonds is 4. The van der Waals surface area contributed by atoms with Crippen molar-refractivity contribution < 1.29 is 0 Å². The molecule has 0 heterocycles. The Kier molecular flexibility index (Phi) is 4.14. The number of hydrogen-bond donors (Lipinski definition) is 1. The first kappa shape index (κ1) is 13.5. The zero-order valence-corrected chi connectivity index (χ0v) is 11.1. The quantitative estimate of drug-likeness (QED) is 0.865. The normalized spacial score (nSPS) is 13.9. The molecule has 0 saturated carbocycles. The van der Waals surface area contributed by atoms with Gasteiger partial charge in [-0.1, -0.05) is 6.07 Å². The average Bonchev–Trinajstić information content (AvgIpc) is 2.24. The first-order chi connectivity index (χ1) is 7.84. The van der Waals surface area contributed by atoms with Crippen LogP contribution in [-0.4, -0.2) is 19.1 Å². The molecule has 1 atom stereocenters. The molecule has 0 aliphatic rings. The first-order valence-corrected chi connectivity index (χ1v) is 5.83. The summed E-state index contributed by atoms with van der Waals surface area (Å²) in [7, 11) is 2.03. The second-order valence-electron chi connectivity index (χ2n) is 5.05. The van der Waals surface area contributed by atoms with Crippen molar-refractivity contribution in [1.29, 1.82) is 5.26 Å². The summed E-state index contributed by atoms with van der Waals surface area (Å²) in [4.78, 5) is 2.14. The Balaban J connectivity index is 2.71. The van der Waals surface area contributed by atoms with Gasteiger partial charge in [-0.25, -0.2) is 0 Å². The van der Waals surface area contributed by atoms with Gasteiger partial charge in [0.25, 0.3) is 0 Å². The molecule has 1 aromatic rings. The van der Waals surface area contributed by atoms with Crippen molar-refractivity contribution >= 4 is 5.69 Å². The topological polar surface area (TPSA) is 53.0 Å².